The van der Waals surface area contributed by atoms with Gasteiger partial charge in [-0.15, -0.1) is 0 Å². The molecular weight excluding hydrogens is 577 g/mol. The van der Waals surface area contributed by atoms with Gasteiger partial charge in [-0.3, -0.25) is 9.59 Å². The van der Waals surface area contributed by atoms with E-state index in [9.17, 15) is 9.59 Å². The second-order valence-electron chi connectivity index (χ2n) is 13.3. The van der Waals surface area contributed by atoms with Gasteiger partial charge < -0.3 is 14.5 Å². The molecule has 7 nitrogen and oxygen atoms in total. The van der Waals surface area contributed by atoms with Gasteiger partial charge in [0.05, 0.1) is 27.8 Å². The number of allylic oxidation sites excluding steroid dienone is 1. The normalized spacial score (nSPS) is 16.7. The molecule has 3 aromatic heterocycles. The predicted octanol–water partition coefficient (Wildman–Crippen LogP) is 8.26. The van der Waals surface area contributed by atoms with Gasteiger partial charge in [0.15, 0.2) is 5.78 Å². The number of benzene rings is 2. The maximum atomic E-state index is 15.3. The third kappa shape index (κ3) is 5.13. The maximum Gasteiger partial charge on any atom is 0.252 e. The van der Waals surface area contributed by atoms with Gasteiger partial charge in [-0.1, -0.05) is 31.4 Å². The molecule has 2 aliphatic carbocycles. The van der Waals surface area contributed by atoms with Crippen LogP contribution in [0.2, 0.25) is 0 Å². The van der Waals surface area contributed by atoms with Gasteiger partial charge in [-0.25, -0.2) is 9.97 Å². The maximum absolute atomic E-state index is 15.3. The van der Waals surface area contributed by atoms with Crippen LogP contribution < -0.4 is 5.32 Å². The van der Waals surface area contributed by atoms with E-state index in [-0.39, 0.29) is 17.7 Å². The first kappa shape index (κ1) is 30.1. The molecular formula is C38H40FN5O2. The number of halogens is 1. The zero-order chi connectivity index (χ0) is 32.2. The Labute approximate surface area is 268 Å². The number of amides is 1. The van der Waals surface area contributed by atoms with Gasteiger partial charge in [0.2, 0.25) is 5.95 Å². The lowest BCUT2D eigenvalue weighted by atomic mass is 9.75. The predicted molar refractivity (Wildman–Crippen MR) is 180 cm³/mol. The molecule has 0 aliphatic heterocycles. The van der Waals surface area contributed by atoms with Crippen LogP contribution in [0, 0.1) is 19.8 Å². The van der Waals surface area contributed by atoms with Crippen LogP contribution in [0.4, 0.5) is 4.39 Å². The van der Waals surface area contributed by atoms with Crippen molar-refractivity contribution in [3.8, 4) is 11.3 Å². The van der Waals surface area contributed by atoms with Crippen molar-refractivity contribution in [2.24, 2.45) is 7.05 Å². The fourth-order valence-electron chi connectivity index (χ4n) is 7.56. The summed E-state index contributed by atoms with van der Waals surface area (Å²) < 4.78 is 19.7. The van der Waals surface area contributed by atoms with E-state index in [1.807, 2.05) is 69.4 Å². The van der Waals surface area contributed by atoms with Gasteiger partial charge in [-0.2, -0.15) is 4.39 Å². The zero-order valence-corrected chi connectivity index (χ0v) is 27.0. The number of carbonyl (C=O) groups is 2. The van der Waals surface area contributed by atoms with Gasteiger partial charge >= 0.3 is 0 Å². The number of rotatable bonds is 7. The number of pyridine rings is 1. The summed E-state index contributed by atoms with van der Waals surface area (Å²) in [6.07, 6.45) is 13.2. The number of nitrogens with one attached hydrogen (secondary N) is 1. The Morgan fingerprint density at radius 1 is 1.00 bits per heavy atom. The fourth-order valence-corrected chi connectivity index (χ4v) is 7.56. The number of nitrogens with zero attached hydrogens (tertiary/aromatic N) is 4. The van der Waals surface area contributed by atoms with E-state index < -0.39 is 11.5 Å². The Balaban J connectivity index is 1.26. The summed E-state index contributed by atoms with van der Waals surface area (Å²) in [6.45, 7) is 5.51. The number of carbonyl (C=O) groups excluding carboxylic acids is 2. The summed E-state index contributed by atoms with van der Waals surface area (Å²) in [6, 6.07) is 14.0. The van der Waals surface area contributed by atoms with Crippen LogP contribution in [-0.2, 0) is 17.4 Å². The minimum Gasteiger partial charge on any atom is -0.339 e. The molecule has 0 radical (unpaired) electrons. The Morgan fingerprint density at radius 2 is 1.78 bits per heavy atom. The molecule has 0 spiro atoms. The summed E-state index contributed by atoms with van der Waals surface area (Å²) in [4.78, 5) is 34.5. The van der Waals surface area contributed by atoms with Crippen molar-refractivity contribution in [2.45, 2.75) is 83.7 Å². The molecule has 7 rings (SSSR count). The molecule has 2 aromatic carbocycles. The summed E-state index contributed by atoms with van der Waals surface area (Å²) in [5, 5.41) is 4.34. The van der Waals surface area contributed by atoms with E-state index in [4.69, 9.17) is 4.98 Å². The first-order valence-corrected chi connectivity index (χ1v) is 16.4. The number of hydrogen-bond acceptors (Lipinski definition) is 4. The molecule has 46 heavy (non-hydrogen) atoms. The summed E-state index contributed by atoms with van der Waals surface area (Å²) in [7, 11) is 1.99. The van der Waals surface area contributed by atoms with Crippen molar-refractivity contribution < 1.29 is 14.0 Å². The SMILES string of the molecule is CC(=O)/C=C/c1ccc2nc(C3(NC(=O)c4ccc5c(c4)c(C)c(-c4cc(C)cnc4F)n5C4CCCCC4)CCC3)n(C)c2c1. The topological polar surface area (TPSA) is 81.8 Å². The number of aromatic nitrogens is 4. The van der Waals surface area contributed by atoms with Crippen LogP contribution in [0.5, 0.6) is 0 Å². The minimum atomic E-state index is -0.570. The zero-order valence-electron chi connectivity index (χ0n) is 27.0. The number of hydrogen-bond donors (Lipinski definition) is 1. The summed E-state index contributed by atoms with van der Waals surface area (Å²) >= 11 is 0. The van der Waals surface area contributed by atoms with E-state index in [0.29, 0.717) is 11.1 Å². The van der Waals surface area contributed by atoms with E-state index >= 15 is 4.39 Å². The lowest BCUT2D eigenvalue weighted by Gasteiger charge is -2.41. The van der Waals surface area contributed by atoms with Crippen LogP contribution in [0.25, 0.3) is 39.3 Å². The highest BCUT2D eigenvalue weighted by Gasteiger charge is 2.44. The molecule has 236 valence electrons. The number of imidazole rings is 1. The van der Waals surface area contributed by atoms with Crippen molar-refractivity contribution in [3.63, 3.8) is 0 Å². The Kier molecular flexibility index (Phi) is 7.62. The third-order valence-electron chi connectivity index (χ3n) is 10.1. The number of aryl methyl sites for hydroxylation is 3. The molecule has 2 saturated carbocycles. The van der Waals surface area contributed by atoms with E-state index in [0.717, 1.165) is 95.1 Å². The Hall–Kier alpha value is -4.59. The smallest absolute Gasteiger partial charge is 0.252 e. The standard InChI is InChI=1S/C38H40FN5O2/c1-23-19-30(35(39)40-22-23)34-25(3)29-21-27(14-16-32(29)44(34)28-9-6-5-7-10-28)36(46)42-38(17-8-18-38)37-41-31-15-13-26(12-11-24(2)45)20-33(31)43(37)4/h11-16,19-22,28H,5-10,17-18H2,1-4H3,(H,42,46)/b12-11+. The molecule has 3 heterocycles. The third-order valence-corrected chi connectivity index (χ3v) is 10.1. The average molecular weight is 618 g/mol. The van der Waals surface area contributed by atoms with Crippen molar-refractivity contribution in [3.05, 3.63) is 88.8 Å². The van der Waals surface area contributed by atoms with Crippen LogP contribution in [0.15, 0.2) is 54.7 Å². The van der Waals surface area contributed by atoms with E-state index in [1.165, 1.54) is 13.3 Å². The Bertz CT molecular complexity index is 2040. The molecule has 2 aliphatic rings. The monoisotopic (exact) mass is 617 g/mol. The Morgan fingerprint density at radius 3 is 2.50 bits per heavy atom. The van der Waals surface area contributed by atoms with Gasteiger partial charge in [-0.05, 0) is 112 Å². The second kappa shape index (κ2) is 11.6. The molecule has 8 heteroatoms. The van der Waals surface area contributed by atoms with Crippen molar-refractivity contribution in [1.82, 2.24) is 24.4 Å². The van der Waals surface area contributed by atoms with E-state index in [1.54, 1.807) is 12.3 Å². The van der Waals surface area contributed by atoms with Gasteiger partial charge in [0.25, 0.3) is 5.91 Å². The van der Waals surface area contributed by atoms with Crippen molar-refractivity contribution in [1.29, 1.82) is 0 Å². The van der Waals surface area contributed by atoms with Crippen LogP contribution in [0.3, 0.4) is 0 Å². The molecule has 0 saturated heterocycles. The molecule has 1 amide bonds. The molecule has 5 aromatic rings. The quantitative estimate of drug-likeness (QED) is 0.147. The molecule has 0 bridgehead atoms. The molecule has 1 N–H and O–H groups in total. The average Bonchev–Trinajstić information content (AvgIpc) is 3.52. The lowest BCUT2D eigenvalue weighted by Crippen LogP contribution is -2.52. The summed E-state index contributed by atoms with van der Waals surface area (Å²) in [5.41, 5.74) is 7.01. The number of fused-ring (bicyclic) bond motifs is 2. The highest BCUT2D eigenvalue weighted by atomic mass is 19.1. The lowest BCUT2D eigenvalue weighted by molar-refractivity contribution is -0.112. The first-order chi connectivity index (χ1) is 22.1. The minimum absolute atomic E-state index is 0.00332. The largest absolute Gasteiger partial charge is 0.339 e. The van der Waals surface area contributed by atoms with Crippen LogP contribution >= 0.6 is 0 Å². The molecule has 0 atom stereocenters. The van der Waals surface area contributed by atoms with Gasteiger partial charge in [0, 0.05) is 35.8 Å². The molecule has 2 fully saturated rings. The second-order valence-corrected chi connectivity index (χ2v) is 13.3. The van der Waals surface area contributed by atoms with Gasteiger partial charge in [0.1, 0.15) is 5.82 Å². The molecule has 0 unspecified atom stereocenters. The van der Waals surface area contributed by atoms with E-state index in [2.05, 4.69) is 19.4 Å². The summed E-state index contributed by atoms with van der Waals surface area (Å²) in [5.74, 6) is 0.216. The van der Waals surface area contributed by atoms with Crippen LogP contribution in [0.1, 0.15) is 97.2 Å². The van der Waals surface area contributed by atoms with Crippen molar-refractivity contribution in [2.75, 3.05) is 0 Å². The van der Waals surface area contributed by atoms with Crippen LogP contribution in [-0.4, -0.2) is 30.8 Å². The number of ketones is 1. The van der Waals surface area contributed by atoms with Crippen molar-refractivity contribution >= 4 is 39.7 Å². The first-order valence-electron chi connectivity index (χ1n) is 16.4. The highest BCUT2D eigenvalue weighted by Crippen LogP contribution is 2.43. The fraction of sp³-hybridized carbons (Fsp3) is 0.368. The highest BCUT2D eigenvalue weighted by molar-refractivity contribution is 6.01.